The van der Waals surface area contributed by atoms with Crippen molar-refractivity contribution in [2.24, 2.45) is 5.92 Å². The highest BCUT2D eigenvalue weighted by molar-refractivity contribution is 7.90. The lowest BCUT2D eigenvalue weighted by atomic mass is 9.86. The molecule has 42 heavy (non-hydrogen) atoms. The van der Waals surface area contributed by atoms with Crippen molar-refractivity contribution >= 4 is 40.8 Å². The molecule has 2 unspecified atom stereocenters. The lowest BCUT2D eigenvalue weighted by Gasteiger charge is -2.40. The second kappa shape index (κ2) is 12.2. The van der Waals surface area contributed by atoms with Crippen LogP contribution in [0.25, 0.3) is 16.5 Å². The smallest absolute Gasteiger partial charge is 0.339 e. The number of fused-ring (bicyclic) bond motifs is 1. The van der Waals surface area contributed by atoms with Crippen LogP contribution >= 0.6 is 0 Å². The van der Waals surface area contributed by atoms with Gasteiger partial charge >= 0.3 is 5.97 Å². The fourth-order valence-electron chi connectivity index (χ4n) is 5.25. The zero-order valence-corrected chi connectivity index (χ0v) is 27.3. The first-order chi connectivity index (χ1) is 19.8. The second-order valence-corrected chi connectivity index (χ2v) is 18.7. The molecule has 0 amide bonds. The van der Waals surface area contributed by atoms with E-state index in [2.05, 4.69) is 64.1 Å². The monoisotopic (exact) mass is 606 g/mol. The topological polar surface area (TPSA) is 77.8 Å². The van der Waals surface area contributed by atoms with Crippen molar-refractivity contribution in [3.63, 3.8) is 0 Å². The molecule has 3 aromatic rings. The van der Waals surface area contributed by atoms with E-state index in [0.29, 0.717) is 30.8 Å². The van der Waals surface area contributed by atoms with Crippen molar-refractivity contribution in [3.8, 4) is 0 Å². The van der Waals surface area contributed by atoms with Gasteiger partial charge in [0.05, 0.1) is 28.8 Å². The number of aromatic nitrogens is 1. The zero-order valence-electron chi connectivity index (χ0n) is 25.5. The number of carbonyl (C=O) groups is 1. The summed E-state index contributed by atoms with van der Waals surface area (Å²) < 4.78 is 41.5. The second-order valence-electron chi connectivity index (χ2n) is 12.1. The molecule has 0 bridgehead atoms. The van der Waals surface area contributed by atoms with E-state index in [4.69, 9.17) is 9.16 Å². The van der Waals surface area contributed by atoms with E-state index in [9.17, 15) is 13.2 Å². The number of carbonyl (C=O) groups excluding carboxylic acids is 1. The number of benzene rings is 2. The summed E-state index contributed by atoms with van der Waals surface area (Å²) in [6.45, 7) is 21.1. The average Bonchev–Trinajstić information content (AvgIpc) is 3.31. The first-order valence-corrected chi connectivity index (χ1v) is 18.5. The Bertz CT molecular complexity index is 1620. The molecule has 1 aliphatic heterocycles. The maximum Gasteiger partial charge on any atom is 0.339 e. The van der Waals surface area contributed by atoms with Crippen LogP contribution in [0.2, 0.25) is 18.1 Å². The molecule has 9 heteroatoms. The number of methoxy groups -OCH3 is 1. The molecule has 2 aromatic carbocycles. The summed E-state index contributed by atoms with van der Waals surface area (Å²) >= 11 is 0. The number of esters is 1. The number of ether oxygens (including phenoxy) is 1. The van der Waals surface area contributed by atoms with Crippen LogP contribution in [0, 0.1) is 5.92 Å². The maximum absolute atomic E-state index is 14.3. The van der Waals surface area contributed by atoms with E-state index >= 15 is 0 Å². The molecule has 0 aliphatic carbocycles. The first-order valence-electron chi connectivity index (χ1n) is 14.1. The highest BCUT2D eigenvalue weighted by Gasteiger charge is 2.40. The Balaban J connectivity index is 1.96. The first kappa shape index (κ1) is 31.7. The van der Waals surface area contributed by atoms with E-state index in [-0.39, 0.29) is 33.2 Å². The van der Waals surface area contributed by atoms with Crippen molar-refractivity contribution in [2.45, 2.75) is 49.8 Å². The van der Waals surface area contributed by atoms with Crippen molar-refractivity contribution < 1.29 is 22.4 Å². The largest absolute Gasteiger partial charge is 0.465 e. The van der Waals surface area contributed by atoms with Crippen molar-refractivity contribution in [1.82, 2.24) is 8.87 Å². The Morgan fingerprint density at radius 1 is 1.10 bits per heavy atom. The fraction of sp³-hybridized carbons (Fsp3) is 0.364. The van der Waals surface area contributed by atoms with Gasteiger partial charge in [-0.3, -0.25) is 4.90 Å². The molecule has 0 radical (unpaired) electrons. The Morgan fingerprint density at radius 2 is 1.74 bits per heavy atom. The van der Waals surface area contributed by atoms with Gasteiger partial charge in [-0.2, -0.15) is 0 Å². The summed E-state index contributed by atoms with van der Waals surface area (Å²) in [6, 6.07) is 15.2. The van der Waals surface area contributed by atoms with Crippen LogP contribution in [-0.2, 0) is 24.0 Å². The normalized spacial score (nSPS) is 18.2. The summed E-state index contributed by atoms with van der Waals surface area (Å²) in [5.74, 6) is -0.854. The van der Waals surface area contributed by atoms with E-state index in [1.54, 1.807) is 42.5 Å². The summed E-state index contributed by atoms with van der Waals surface area (Å²) in [6.07, 6.45) is 6.06. The molecule has 0 fully saturated rings. The molecular formula is C33H42N2O5SSi. The van der Waals surface area contributed by atoms with Crippen LogP contribution in [0.15, 0.2) is 90.9 Å². The van der Waals surface area contributed by atoms with Crippen LogP contribution in [0.5, 0.6) is 0 Å². The van der Waals surface area contributed by atoms with E-state index in [1.807, 2.05) is 18.2 Å². The SMILES string of the molecule is C=CC1C=CCN(CCO[Si](C)(C)C(C)(C)C)C1c1c(C(=C)C(=O)OC)n(S(=O)(=O)c2ccccc2)c2ccccc12. The lowest BCUT2D eigenvalue weighted by molar-refractivity contribution is -0.133. The average molecular weight is 607 g/mol. The Labute approximate surface area is 251 Å². The van der Waals surface area contributed by atoms with Gasteiger partial charge in [0.2, 0.25) is 0 Å². The van der Waals surface area contributed by atoms with Gasteiger partial charge in [-0.1, -0.05) is 82.0 Å². The van der Waals surface area contributed by atoms with Gasteiger partial charge in [0.1, 0.15) is 0 Å². The molecule has 0 saturated heterocycles. The molecule has 4 rings (SSSR count). The Kier molecular flexibility index (Phi) is 9.18. The van der Waals surface area contributed by atoms with Gasteiger partial charge in [0.25, 0.3) is 10.0 Å². The van der Waals surface area contributed by atoms with Gasteiger partial charge < -0.3 is 9.16 Å². The van der Waals surface area contributed by atoms with Gasteiger partial charge in [-0.25, -0.2) is 17.2 Å². The van der Waals surface area contributed by atoms with E-state index < -0.39 is 24.3 Å². The van der Waals surface area contributed by atoms with Crippen LogP contribution < -0.4 is 0 Å². The third-order valence-corrected chi connectivity index (χ3v) is 14.8. The standard InChI is InChI=1S/C33H42N2O5SSi/c1-9-25-16-15-21-34(22-23-40-42(7,8)33(3,4)5)31(25)29-27-19-13-14-20-28(27)35(30(29)24(2)32(36)39-6)41(37,38)26-17-11-10-12-18-26/h9-20,25,31H,1-2,21-23H2,3-8H3. The molecule has 224 valence electrons. The van der Waals surface area contributed by atoms with Gasteiger partial charge in [-0.15, -0.1) is 6.58 Å². The molecule has 2 heterocycles. The summed E-state index contributed by atoms with van der Waals surface area (Å²) in [5.41, 5.74) is 1.35. The number of nitrogens with zero attached hydrogens (tertiary/aromatic N) is 2. The van der Waals surface area contributed by atoms with Crippen LogP contribution in [0.4, 0.5) is 0 Å². The lowest BCUT2D eigenvalue weighted by Crippen LogP contribution is -2.44. The van der Waals surface area contributed by atoms with Crippen molar-refractivity contribution in [3.05, 3.63) is 97.2 Å². The zero-order chi connectivity index (χ0) is 30.9. The number of rotatable bonds is 10. The van der Waals surface area contributed by atoms with Gasteiger partial charge in [-0.05, 0) is 36.3 Å². The predicted octanol–water partition coefficient (Wildman–Crippen LogP) is 6.80. The molecule has 0 saturated carbocycles. The summed E-state index contributed by atoms with van der Waals surface area (Å²) in [7, 11) is -4.85. The highest BCUT2D eigenvalue weighted by Crippen LogP contribution is 2.44. The van der Waals surface area contributed by atoms with E-state index in [0.717, 1.165) is 5.39 Å². The van der Waals surface area contributed by atoms with Crippen LogP contribution in [0.3, 0.4) is 0 Å². The molecule has 0 spiro atoms. The summed E-state index contributed by atoms with van der Waals surface area (Å²) in [4.78, 5) is 15.4. The molecule has 0 N–H and O–H groups in total. The van der Waals surface area contributed by atoms with Crippen LogP contribution in [-0.4, -0.2) is 58.4 Å². The highest BCUT2D eigenvalue weighted by atomic mass is 32.2. The van der Waals surface area contributed by atoms with Crippen LogP contribution in [0.1, 0.15) is 38.1 Å². The van der Waals surface area contributed by atoms with Gasteiger partial charge in [0.15, 0.2) is 8.32 Å². The number of hydrogen-bond donors (Lipinski definition) is 0. The minimum Gasteiger partial charge on any atom is -0.465 e. The minimum absolute atomic E-state index is 0.0296. The quantitative estimate of drug-likeness (QED) is 0.109. The fourth-order valence-corrected chi connectivity index (χ4v) is 7.86. The number of hydrogen-bond acceptors (Lipinski definition) is 6. The minimum atomic E-state index is -4.13. The maximum atomic E-state index is 14.3. The van der Waals surface area contributed by atoms with Gasteiger partial charge in [0, 0.05) is 42.6 Å². The Morgan fingerprint density at radius 3 is 2.36 bits per heavy atom. The van der Waals surface area contributed by atoms with Crippen molar-refractivity contribution in [1.29, 1.82) is 0 Å². The van der Waals surface area contributed by atoms with E-state index in [1.165, 1.54) is 11.1 Å². The molecule has 1 aromatic heterocycles. The molecular weight excluding hydrogens is 565 g/mol. The third kappa shape index (κ3) is 5.83. The molecule has 7 nitrogen and oxygen atoms in total. The predicted molar refractivity (Wildman–Crippen MR) is 172 cm³/mol. The molecule has 1 aliphatic rings. The summed E-state index contributed by atoms with van der Waals surface area (Å²) in [5, 5.41) is 0.794. The molecule has 2 atom stereocenters. The number of para-hydroxylation sites is 1. The Hall–Kier alpha value is -3.24. The third-order valence-electron chi connectivity index (χ3n) is 8.54. The van der Waals surface area contributed by atoms with Crippen molar-refractivity contribution in [2.75, 3.05) is 26.8 Å².